The van der Waals surface area contributed by atoms with E-state index in [9.17, 15) is 4.79 Å². The quantitative estimate of drug-likeness (QED) is 0.298. The zero-order chi connectivity index (χ0) is 14.3. The summed E-state index contributed by atoms with van der Waals surface area (Å²) in [5.41, 5.74) is 2.01. The Morgan fingerprint density at radius 1 is 1.42 bits per heavy atom. The van der Waals surface area contributed by atoms with Gasteiger partial charge in [0.1, 0.15) is 4.24 Å². The zero-order valence-corrected chi connectivity index (χ0v) is 13.0. The van der Waals surface area contributed by atoms with E-state index in [1.165, 1.54) is 23.4 Å². The van der Waals surface area contributed by atoms with E-state index in [1.807, 2.05) is 42.3 Å². The first-order chi connectivity index (χ1) is 9.08. The molecule has 0 atom stereocenters. The average molecular weight is 296 g/mol. The van der Waals surface area contributed by atoms with Crippen molar-refractivity contribution in [2.75, 3.05) is 12.9 Å². The number of ether oxygens (including phenoxy) is 1. The zero-order valence-electron chi connectivity index (χ0n) is 11.3. The average Bonchev–Trinajstić information content (AvgIpc) is 2.41. The lowest BCUT2D eigenvalue weighted by Crippen LogP contribution is -2.31. The summed E-state index contributed by atoms with van der Waals surface area (Å²) in [6.07, 6.45) is 8.94. The van der Waals surface area contributed by atoms with Crippen molar-refractivity contribution in [3.05, 3.63) is 46.5 Å². The van der Waals surface area contributed by atoms with Crippen molar-refractivity contribution in [1.82, 2.24) is 0 Å². The molecule has 0 aliphatic rings. The van der Waals surface area contributed by atoms with Crippen LogP contribution in [0.25, 0.3) is 5.70 Å². The highest BCUT2D eigenvalue weighted by Crippen LogP contribution is 2.21. The molecular weight excluding hydrogens is 278 g/mol. The number of pyridine rings is 1. The molecule has 19 heavy (non-hydrogen) atoms. The summed E-state index contributed by atoms with van der Waals surface area (Å²) in [5, 5.41) is 0. The van der Waals surface area contributed by atoms with E-state index in [0.717, 1.165) is 9.93 Å². The van der Waals surface area contributed by atoms with Crippen LogP contribution in [0, 0.1) is 6.92 Å². The summed E-state index contributed by atoms with van der Waals surface area (Å²) in [7, 11) is 0. The van der Waals surface area contributed by atoms with E-state index in [4.69, 9.17) is 4.74 Å². The molecular formula is C14H18NO2S2+. The molecule has 102 valence electrons. The lowest BCUT2D eigenvalue weighted by Gasteiger charge is -2.01. The number of hydrogen-bond acceptors (Lipinski definition) is 4. The van der Waals surface area contributed by atoms with Crippen molar-refractivity contribution in [3.63, 3.8) is 0 Å². The molecule has 0 aromatic carbocycles. The first-order valence-corrected chi connectivity index (χ1v) is 7.56. The predicted octanol–water partition coefficient (Wildman–Crippen LogP) is 2.82. The Kier molecular flexibility index (Phi) is 6.73. The van der Waals surface area contributed by atoms with Crippen LogP contribution in [0.1, 0.15) is 12.5 Å². The molecule has 1 rings (SSSR count). The maximum Gasteiger partial charge on any atom is 0.330 e. The molecule has 0 N–H and O–H groups in total. The molecule has 1 heterocycles. The minimum absolute atomic E-state index is 0.352. The third-order valence-corrected chi connectivity index (χ3v) is 3.72. The number of allylic oxidation sites excluding steroid dienone is 2. The van der Waals surface area contributed by atoms with Gasteiger partial charge in [-0.2, -0.15) is 4.57 Å². The second-order valence-corrected chi connectivity index (χ2v) is 5.33. The van der Waals surface area contributed by atoms with E-state index in [1.54, 1.807) is 13.0 Å². The number of aromatic nitrogens is 1. The topological polar surface area (TPSA) is 30.2 Å². The summed E-state index contributed by atoms with van der Waals surface area (Å²) in [6.45, 7) is 4.18. The minimum Gasteiger partial charge on any atom is -0.463 e. The largest absolute Gasteiger partial charge is 0.463 e. The van der Waals surface area contributed by atoms with E-state index in [2.05, 4.69) is 12.6 Å². The Hall–Kier alpha value is -1.20. The SMILES string of the molecule is CCOC(=O)/C=C/C(=C(/S)SC)[n+]1ccc(C)cc1. The fourth-order valence-electron chi connectivity index (χ4n) is 1.37. The van der Waals surface area contributed by atoms with Crippen molar-refractivity contribution in [2.24, 2.45) is 0 Å². The van der Waals surface area contributed by atoms with Gasteiger partial charge >= 0.3 is 5.97 Å². The molecule has 0 amide bonds. The van der Waals surface area contributed by atoms with Gasteiger partial charge in [-0.15, -0.1) is 24.4 Å². The van der Waals surface area contributed by atoms with Crippen molar-refractivity contribution in [2.45, 2.75) is 13.8 Å². The Balaban J connectivity index is 3.04. The van der Waals surface area contributed by atoms with Gasteiger partial charge in [-0.1, -0.05) is 0 Å². The predicted molar refractivity (Wildman–Crippen MR) is 82.9 cm³/mol. The molecule has 0 spiro atoms. The fourth-order valence-corrected chi connectivity index (χ4v) is 1.94. The van der Waals surface area contributed by atoms with Gasteiger partial charge < -0.3 is 4.74 Å². The summed E-state index contributed by atoms with van der Waals surface area (Å²) in [6, 6.07) is 4.00. The molecule has 0 saturated heterocycles. The van der Waals surface area contributed by atoms with Crippen LogP contribution in [0.3, 0.4) is 0 Å². The number of carbonyl (C=O) groups is 1. The summed E-state index contributed by atoms with van der Waals surface area (Å²) < 4.78 is 7.62. The number of thioether (sulfide) groups is 1. The van der Waals surface area contributed by atoms with Crippen molar-refractivity contribution in [1.29, 1.82) is 0 Å². The molecule has 0 fully saturated rings. The molecule has 5 heteroatoms. The van der Waals surface area contributed by atoms with Crippen LogP contribution in [-0.4, -0.2) is 18.8 Å². The standard InChI is InChI=1S/C14H17NO2S2/c1-4-17-13(16)6-5-12(14(18)19-3)15-9-7-11(2)8-10-15/h5-10H,4H2,1-3H3/p+1. The number of aryl methyl sites for hydroxylation is 1. The van der Waals surface area contributed by atoms with Crippen molar-refractivity contribution in [3.8, 4) is 0 Å². The normalized spacial score (nSPS) is 12.4. The third-order valence-electron chi connectivity index (χ3n) is 2.35. The number of hydrogen-bond donors (Lipinski definition) is 1. The van der Waals surface area contributed by atoms with Gasteiger partial charge in [-0.25, -0.2) is 4.79 Å². The maximum absolute atomic E-state index is 11.4. The highest BCUT2D eigenvalue weighted by Gasteiger charge is 2.11. The molecule has 1 aromatic heterocycles. The van der Waals surface area contributed by atoms with Crippen molar-refractivity contribution >= 4 is 36.1 Å². The van der Waals surface area contributed by atoms with Gasteiger partial charge in [0.15, 0.2) is 12.4 Å². The number of nitrogens with zero attached hydrogens (tertiary/aromatic N) is 1. The first kappa shape index (κ1) is 15.9. The lowest BCUT2D eigenvalue weighted by molar-refractivity contribution is -0.578. The minimum atomic E-state index is -0.352. The summed E-state index contributed by atoms with van der Waals surface area (Å²) in [4.78, 5) is 11.4. The fraction of sp³-hybridized carbons (Fsp3) is 0.286. The van der Waals surface area contributed by atoms with E-state index in [-0.39, 0.29) is 5.97 Å². The van der Waals surface area contributed by atoms with Gasteiger partial charge in [0.2, 0.25) is 5.70 Å². The van der Waals surface area contributed by atoms with Crippen LogP contribution in [0.15, 0.2) is 40.9 Å². The molecule has 0 radical (unpaired) electrons. The lowest BCUT2D eigenvalue weighted by atomic mass is 10.3. The van der Waals surface area contributed by atoms with E-state index in [0.29, 0.717) is 6.61 Å². The highest BCUT2D eigenvalue weighted by molar-refractivity contribution is 8.15. The number of rotatable bonds is 5. The number of carbonyl (C=O) groups excluding carboxylic acids is 1. The van der Waals surface area contributed by atoms with E-state index < -0.39 is 0 Å². The van der Waals surface area contributed by atoms with Gasteiger partial charge in [-0.3, -0.25) is 0 Å². The van der Waals surface area contributed by atoms with Gasteiger partial charge in [0, 0.05) is 24.3 Å². The second kappa shape index (κ2) is 8.07. The van der Waals surface area contributed by atoms with Crippen LogP contribution < -0.4 is 4.57 Å². The molecule has 3 nitrogen and oxygen atoms in total. The summed E-state index contributed by atoms with van der Waals surface area (Å²) >= 11 is 5.95. The number of thiol groups is 1. The Labute approximate surface area is 123 Å². The Morgan fingerprint density at radius 3 is 2.58 bits per heavy atom. The maximum atomic E-state index is 11.4. The Bertz CT molecular complexity index is 493. The molecule has 0 aliphatic carbocycles. The van der Waals surface area contributed by atoms with Gasteiger partial charge in [0.25, 0.3) is 0 Å². The second-order valence-electron chi connectivity index (χ2n) is 3.76. The van der Waals surface area contributed by atoms with Crippen LogP contribution in [0.5, 0.6) is 0 Å². The monoisotopic (exact) mass is 296 g/mol. The van der Waals surface area contributed by atoms with Crippen LogP contribution in [0.2, 0.25) is 0 Å². The molecule has 1 aromatic rings. The highest BCUT2D eigenvalue weighted by atomic mass is 32.2. The Morgan fingerprint density at radius 2 is 2.05 bits per heavy atom. The molecule has 0 aliphatic heterocycles. The first-order valence-electron chi connectivity index (χ1n) is 5.88. The molecule has 0 bridgehead atoms. The van der Waals surface area contributed by atoms with Crippen LogP contribution in [-0.2, 0) is 9.53 Å². The van der Waals surface area contributed by atoms with Crippen molar-refractivity contribution < 1.29 is 14.1 Å². The van der Waals surface area contributed by atoms with Crippen LogP contribution >= 0.6 is 24.4 Å². The van der Waals surface area contributed by atoms with E-state index >= 15 is 0 Å². The molecule has 0 unspecified atom stereocenters. The smallest absolute Gasteiger partial charge is 0.330 e. The molecule has 0 saturated carbocycles. The van der Waals surface area contributed by atoms with Gasteiger partial charge in [-0.05, 0) is 25.7 Å². The van der Waals surface area contributed by atoms with Gasteiger partial charge in [0.05, 0.1) is 6.61 Å². The third kappa shape index (κ3) is 5.12. The van der Waals surface area contributed by atoms with Crippen LogP contribution in [0.4, 0.5) is 0 Å². The number of esters is 1. The summed E-state index contributed by atoms with van der Waals surface area (Å²) in [5.74, 6) is -0.352.